The van der Waals surface area contributed by atoms with Crippen molar-refractivity contribution in [2.24, 2.45) is 0 Å². The van der Waals surface area contributed by atoms with Crippen LogP contribution in [0.15, 0.2) is 48.5 Å². The average molecular weight is 411 g/mol. The van der Waals surface area contributed by atoms with E-state index in [2.05, 4.69) is 5.10 Å². The highest BCUT2D eigenvalue weighted by atomic mass is 19.1. The number of benzene rings is 2. The molecule has 0 spiro atoms. The highest BCUT2D eigenvalue weighted by molar-refractivity contribution is 5.99. The molecule has 8 nitrogen and oxygen atoms in total. The summed E-state index contributed by atoms with van der Waals surface area (Å²) in [6, 6.07) is 11.8. The Morgan fingerprint density at radius 2 is 1.80 bits per heavy atom. The SMILES string of the molecule is Cc1nn(Cc2ccc(C(=O)OCC(=O)c3ccccc3F)cc2)c(C)c1[N+](=O)[O-]. The normalized spacial score (nSPS) is 10.6. The maximum atomic E-state index is 13.6. The standard InChI is InChI=1S/C21H18FN3O5/c1-13-20(25(28)29)14(2)24(23-13)11-15-7-9-16(10-8-15)21(27)30-12-19(26)17-5-3-4-6-18(17)22/h3-10H,11-12H2,1-2H3. The molecule has 3 aromatic rings. The van der Waals surface area contributed by atoms with Crippen molar-refractivity contribution in [3.05, 3.63) is 92.5 Å². The van der Waals surface area contributed by atoms with Gasteiger partial charge in [-0.15, -0.1) is 0 Å². The number of nitrogens with zero attached hydrogens (tertiary/aromatic N) is 3. The number of halogens is 1. The quantitative estimate of drug-likeness (QED) is 0.254. The second-order valence-corrected chi connectivity index (χ2v) is 6.61. The predicted octanol–water partition coefficient (Wildman–Crippen LogP) is 3.64. The molecule has 9 heteroatoms. The van der Waals surface area contributed by atoms with E-state index in [1.165, 1.54) is 35.0 Å². The number of Topliss-reactive ketones (excluding diaryl/α,β-unsaturated/α-hetero) is 1. The summed E-state index contributed by atoms with van der Waals surface area (Å²) in [7, 11) is 0. The lowest BCUT2D eigenvalue weighted by Crippen LogP contribution is -2.15. The fourth-order valence-corrected chi connectivity index (χ4v) is 3.00. The first-order valence-corrected chi connectivity index (χ1v) is 9.00. The Labute approximate surface area is 171 Å². The third kappa shape index (κ3) is 4.40. The van der Waals surface area contributed by atoms with Gasteiger partial charge < -0.3 is 4.74 Å². The summed E-state index contributed by atoms with van der Waals surface area (Å²) in [5.74, 6) is -2.02. The molecule has 0 bridgehead atoms. The molecule has 154 valence electrons. The highest BCUT2D eigenvalue weighted by Gasteiger charge is 2.21. The van der Waals surface area contributed by atoms with E-state index in [0.717, 1.165) is 11.6 Å². The van der Waals surface area contributed by atoms with Gasteiger partial charge in [-0.3, -0.25) is 19.6 Å². The van der Waals surface area contributed by atoms with Crippen LogP contribution in [0.5, 0.6) is 0 Å². The maximum Gasteiger partial charge on any atom is 0.338 e. The van der Waals surface area contributed by atoms with E-state index in [0.29, 0.717) is 17.9 Å². The van der Waals surface area contributed by atoms with Crippen molar-refractivity contribution in [2.75, 3.05) is 6.61 Å². The van der Waals surface area contributed by atoms with Gasteiger partial charge in [-0.1, -0.05) is 24.3 Å². The lowest BCUT2D eigenvalue weighted by atomic mass is 10.1. The fraction of sp³-hybridized carbons (Fsp3) is 0.190. The molecule has 2 aromatic carbocycles. The first-order valence-electron chi connectivity index (χ1n) is 9.00. The summed E-state index contributed by atoms with van der Waals surface area (Å²) in [4.78, 5) is 34.8. The largest absolute Gasteiger partial charge is 0.454 e. The molecule has 3 rings (SSSR count). The van der Waals surface area contributed by atoms with Gasteiger partial charge in [0.1, 0.15) is 17.2 Å². The van der Waals surface area contributed by atoms with Gasteiger partial charge in [0, 0.05) is 0 Å². The summed E-state index contributed by atoms with van der Waals surface area (Å²) >= 11 is 0. The number of ether oxygens (including phenoxy) is 1. The molecule has 1 aromatic heterocycles. The van der Waals surface area contributed by atoms with Crippen LogP contribution in [-0.4, -0.2) is 33.1 Å². The summed E-state index contributed by atoms with van der Waals surface area (Å²) in [6.45, 7) is 2.92. The van der Waals surface area contributed by atoms with E-state index in [4.69, 9.17) is 4.74 Å². The Morgan fingerprint density at radius 1 is 1.13 bits per heavy atom. The van der Waals surface area contributed by atoms with Crippen molar-refractivity contribution in [2.45, 2.75) is 20.4 Å². The molecule has 0 unspecified atom stereocenters. The second-order valence-electron chi connectivity index (χ2n) is 6.61. The third-order valence-corrected chi connectivity index (χ3v) is 4.56. The van der Waals surface area contributed by atoms with Crippen LogP contribution in [0.25, 0.3) is 0 Å². The molecule has 0 aliphatic carbocycles. The fourth-order valence-electron chi connectivity index (χ4n) is 3.00. The first kappa shape index (κ1) is 20.8. The minimum absolute atomic E-state index is 0.0188. The van der Waals surface area contributed by atoms with Crippen molar-refractivity contribution in [3.63, 3.8) is 0 Å². The van der Waals surface area contributed by atoms with Crippen molar-refractivity contribution >= 4 is 17.4 Å². The first-order chi connectivity index (χ1) is 14.3. The molecule has 0 N–H and O–H groups in total. The summed E-state index contributed by atoms with van der Waals surface area (Å²) in [5.41, 5.74) is 1.60. The molecule has 30 heavy (non-hydrogen) atoms. The zero-order valence-electron chi connectivity index (χ0n) is 16.3. The number of aryl methyl sites for hydroxylation is 1. The molecule has 0 radical (unpaired) electrons. The molecular formula is C21H18FN3O5. The Hall–Kier alpha value is -3.88. The smallest absolute Gasteiger partial charge is 0.338 e. The Bertz CT molecular complexity index is 1120. The van der Waals surface area contributed by atoms with Crippen LogP contribution in [0.3, 0.4) is 0 Å². The number of esters is 1. The van der Waals surface area contributed by atoms with Crippen molar-refractivity contribution in [1.29, 1.82) is 0 Å². The minimum atomic E-state index is -0.715. The molecule has 0 saturated carbocycles. The lowest BCUT2D eigenvalue weighted by molar-refractivity contribution is -0.386. The summed E-state index contributed by atoms with van der Waals surface area (Å²) in [6.07, 6.45) is 0. The molecule has 1 heterocycles. The van der Waals surface area contributed by atoms with Gasteiger partial charge in [-0.2, -0.15) is 5.10 Å². The number of nitro groups is 1. The van der Waals surface area contributed by atoms with Crippen molar-refractivity contribution < 1.29 is 23.6 Å². The second kappa shape index (κ2) is 8.64. The number of ketones is 1. The van der Waals surface area contributed by atoms with E-state index in [1.54, 1.807) is 26.0 Å². The average Bonchev–Trinajstić information content (AvgIpc) is 2.99. The van der Waals surface area contributed by atoms with Gasteiger partial charge in [0.15, 0.2) is 6.61 Å². The highest BCUT2D eigenvalue weighted by Crippen LogP contribution is 2.22. The van der Waals surface area contributed by atoms with E-state index >= 15 is 0 Å². The number of hydrogen-bond donors (Lipinski definition) is 0. The van der Waals surface area contributed by atoms with Gasteiger partial charge in [-0.05, 0) is 43.7 Å². The molecule has 0 fully saturated rings. The molecule has 0 saturated heterocycles. The molecule has 0 atom stereocenters. The predicted molar refractivity (Wildman–Crippen MR) is 105 cm³/mol. The number of rotatable bonds is 7. The van der Waals surface area contributed by atoms with Crippen LogP contribution in [0.4, 0.5) is 10.1 Å². The number of aromatic nitrogens is 2. The molecular weight excluding hydrogens is 393 g/mol. The third-order valence-electron chi connectivity index (χ3n) is 4.56. The van der Waals surface area contributed by atoms with Gasteiger partial charge in [0.25, 0.3) is 0 Å². The topological polar surface area (TPSA) is 104 Å². The van der Waals surface area contributed by atoms with Crippen molar-refractivity contribution in [1.82, 2.24) is 9.78 Å². The Balaban J connectivity index is 1.64. The van der Waals surface area contributed by atoms with Crippen LogP contribution >= 0.6 is 0 Å². The van der Waals surface area contributed by atoms with E-state index in [9.17, 15) is 24.1 Å². The van der Waals surface area contributed by atoms with Crippen LogP contribution < -0.4 is 0 Å². The van der Waals surface area contributed by atoms with E-state index in [1.807, 2.05) is 0 Å². The molecule has 0 aliphatic heterocycles. The summed E-state index contributed by atoms with van der Waals surface area (Å²) < 4.78 is 20.1. The zero-order valence-corrected chi connectivity index (χ0v) is 16.3. The van der Waals surface area contributed by atoms with Gasteiger partial charge in [0.2, 0.25) is 5.78 Å². The zero-order chi connectivity index (χ0) is 21.8. The van der Waals surface area contributed by atoms with Gasteiger partial charge in [-0.25, -0.2) is 9.18 Å². The van der Waals surface area contributed by atoms with Crippen LogP contribution in [0, 0.1) is 29.8 Å². The minimum Gasteiger partial charge on any atom is -0.454 e. The van der Waals surface area contributed by atoms with Gasteiger partial charge >= 0.3 is 11.7 Å². The van der Waals surface area contributed by atoms with Crippen LogP contribution in [0.2, 0.25) is 0 Å². The Morgan fingerprint density at radius 3 is 2.40 bits per heavy atom. The summed E-state index contributed by atoms with van der Waals surface area (Å²) in [5, 5.41) is 15.3. The van der Waals surface area contributed by atoms with E-state index in [-0.39, 0.29) is 16.8 Å². The van der Waals surface area contributed by atoms with Gasteiger partial charge in [0.05, 0.1) is 22.6 Å². The number of carbonyl (C=O) groups is 2. The van der Waals surface area contributed by atoms with Crippen LogP contribution in [0.1, 0.15) is 37.7 Å². The molecule has 0 aliphatic rings. The monoisotopic (exact) mass is 411 g/mol. The number of hydrogen-bond acceptors (Lipinski definition) is 6. The lowest BCUT2D eigenvalue weighted by Gasteiger charge is -2.07. The van der Waals surface area contributed by atoms with Crippen molar-refractivity contribution in [3.8, 4) is 0 Å². The van der Waals surface area contributed by atoms with E-state index < -0.39 is 29.1 Å². The molecule has 0 amide bonds. The number of carbonyl (C=O) groups excluding carboxylic acids is 2. The van der Waals surface area contributed by atoms with Crippen LogP contribution in [-0.2, 0) is 11.3 Å². The Kier molecular flexibility index (Phi) is 6.01. The maximum absolute atomic E-state index is 13.6.